The van der Waals surface area contributed by atoms with Crippen molar-refractivity contribution in [3.63, 3.8) is 0 Å². The van der Waals surface area contributed by atoms with Crippen molar-refractivity contribution < 1.29 is 14.0 Å². The third-order valence-corrected chi connectivity index (χ3v) is 5.18. The molecule has 2 heterocycles. The first kappa shape index (κ1) is 19.8. The van der Waals surface area contributed by atoms with E-state index in [0.717, 1.165) is 18.4 Å². The van der Waals surface area contributed by atoms with Gasteiger partial charge in [0.1, 0.15) is 17.6 Å². The van der Waals surface area contributed by atoms with E-state index >= 15 is 0 Å². The predicted octanol–water partition coefficient (Wildman–Crippen LogP) is 3.39. The van der Waals surface area contributed by atoms with Crippen LogP contribution in [-0.4, -0.2) is 34.2 Å². The monoisotopic (exact) mass is 406 g/mol. The summed E-state index contributed by atoms with van der Waals surface area (Å²) in [4.78, 5) is 25.4. The van der Waals surface area contributed by atoms with Crippen LogP contribution < -0.4 is 10.6 Å². The van der Waals surface area contributed by atoms with Crippen molar-refractivity contribution in [1.29, 1.82) is 0 Å². The standard InChI is InChI=1S/C23H23FN4O2/c1-15-7-6-8-16(13-15)28-21(14-20(27-28)17-9-2-3-10-18(17)24)23(30)26-19-11-4-5-12-25-22(19)29/h2-3,6-10,13-14,19H,4-5,11-12H2,1H3,(H,25,29)(H,26,30). The van der Waals surface area contributed by atoms with Gasteiger partial charge >= 0.3 is 0 Å². The summed E-state index contributed by atoms with van der Waals surface area (Å²) in [5.74, 6) is -1.02. The fraction of sp³-hybridized carbons (Fsp3) is 0.261. The first-order valence-electron chi connectivity index (χ1n) is 10.0. The Kier molecular flexibility index (Phi) is 5.61. The van der Waals surface area contributed by atoms with Crippen molar-refractivity contribution >= 4 is 11.8 Å². The average Bonchev–Trinajstić information content (AvgIpc) is 3.08. The molecule has 1 saturated heterocycles. The van der Waals surface area contributed by atoms with Crippen molar-refractivity contribution in [2.45, 2.75) is 32.2 Å². The third-order valence-electron chi connectivity index (χ3n) is 5.18. The summed E-state index contributed by atoms with van der Waals surface area (Å²) in [6, 6.07) is 14.8. The van der Waals surface area contributed by atoms with Gasteiger partial charge in [0.2, 0.25) is 5.91 Å². The molecular formula is C23H23FN4O2. The van der Waals surface area contributed by atoms with Gasteiger partial charge in [-0.25, -0.2) is 9.07 Å². The molecular weight excluding hydrogens is 383 g/mol. The third kappa shape index (κ3) is 4.10. The molecule has 1 unspecified atom stereocenters. The fourth-order valence-corrected chi connectivity index (χ4v) is 3.61. The number of nitrogens with one attached hydrogen (secondary N) is 2. The van der Waals surface area contributed by atoms with Crippen LogP contribution in [0.1, 0.15) is 35.3 Å². The Labute approximate surface area is 174 Å². The lowest BCUT2D eigenvalue weighted by molar-refractivity contribution is -0.122. The molecule has 0 aliphatic carbocycles. The van der Waals surface area contributed by atoms with Crippen LogP contribution >= 0.6 is 0 Å². The summed E-state index contributed by atoms with van der Waals surface area (Å²) in [6.45, 7) is 2.56. The van der Waals surface area contributed by atoms with Crippen molar-refractivity contribution in [3.8, 4) is 16.9 Å². The summed E-state index contributed by atoms with van der Waals surface area (Å²) in [6.07, 6.45) is 2.31. The maximum Gasteiger partial charge on any atom is 0.270 e. The highest BCUT2D eigenvalue weighted by Crippen LogP contribution is 2.25. The molecule has 1 aromatic heterocycles. The second-order valence-electron chi connectivity index (χ2n) is 7.46. The number of amides is 2. The summed E-state index contributed by atoms with van der Waals surface area (Å²) < 4.78 is 15.8. The SMILES string of the molecule is Cc1cccc(-n2nc(-c3ccccc3F)cc2C(=O)NC2CCCCNC2=O)c1. The Morgan fingerprint density at radius 1 is 1.17 bits per heavy atom. The number of rotatable bonds is 4. The van der Waals surface area contributed by atoms with Crippen molar-refractivity contribution in [1.82, 2.24) is 20.4 Å². The Morgan fingerprint density at radius 3 is 2.80 bits per heavy atom. The fourth-order valence-electron chi connectivity index (χ4n) is 3.61. The lowest BCUT2D eigenvalue weighted by Gasteiger charge is -2.15. The molecule has 0 saturated carbocycles. The van der Waals surface area contributed by atoms with Crippen LogP contribution in [0.5, 0.6) is 0 Å². The molecule has 3 aromatic rings. The highest BCUT2D eigenvalue weighted by molar-refractivity contribution is 5.97. The minimum absolute atomic E-state index is 0.184. The smallest absolute Gasteiger partial charge is 0.270 e. The molecule has 2 amide bonds. The van der Waals surface area contributed by atoms with E-state index in [9.17, 15) is 14.0 Å². The highest BCUT2D eigenvalue weighted by Gasteiger charge is 2.26. The van der Waals surface area contributed by atoms with E-state index in [1.165, 1.54) is 10.7 Å². The first-order chi connectivity index (χ1) is 14.5. The Hall–Kier alpha value is -3.48. The number of carbonyl (C=O) groups excluding carboxylic acids is 2. The van der Waals surface area contributed by atoms with E-state index in [0.29, 0.717) is 29.9 Å². The zero-order chi connectivity index (χ0) is 21.1. The van der Waals surface area contributed by atoms with Crippen LogP contribution in [0.4, 0.5) is 4.39 Å². The van der Waals surface area contributed by atoms with Crippen LogP contribution in [0.25, 0.3) is 16.9 Å². The van der Waals surface area contributed by atoms with Crippen LogP contribution in [0.2, 0.25) is 0 Å². The van der Waals surface area contributed by atoms with E-state index in [-0.39, 0.29) is 11.6 Å². The Morgan fingerprint density at radius 2 is 2.00 bits per heavy atom. The minimum atomic E-state index is -0.599. The van der Waals surface area contributed by atoms with E-state index in [4.69, 9.17) is 0 Å². The second-order valence-corrected chi connectivity index (χ2v) is 7.46. The van der Waals surface area contributed by atoms with Crippen LogP contribution in [0, 0.1) is 12.7 Å². The molecule has 4 rings (SSSR count). The zero-order valence-corrected chi connectivity index (χ0v) is 16.7. The number of carbonyl (C=O) groups is 2. The maximum absolute atomic E-state index is 14.4. The maximum atomic E-state index is 14.4. The number of aromatic nitrogens is 2. The quantitative estimate of drug-likeness (QED) is 0.697. The van der Waals surface area contributed by atoms with E-state index < -0.39 is 17.8 Å². The number of halogens is 1. The van der Waals surface area contributed by atoms with E-state index in [1.54, 1.807) is 24.3 Å². The van der Waals surface area contributed by atoms with Gasteiger partial charge < -0.3 is 10.6 Å². The molecule has 154 valence electrons. The van der Waals surface area contributed by atoms with Crippen LogP contribution in [0.3, 0.4) is 0 Å². The van der Waals surface area contributed by atoms with Gasteiger partial charge in [0.25, 0.3) is 5.91 Å². The van der Waals surface area contributed by atoms with Gasteiger partial charge in [0.15, 0.2) is 0 Å². The summed E-state index contributed by atoms with van der Waals surface area (Å²) in [5.41, 5.74) is 2.60. The number of hydrogen-bond donors (Lipinski definition) is 2. The van der Waals surface area contributed by atoms with Crippen LogP contribution in [0.15, 0.2) is 54.6 Å². The van der Waals surface area contributed by atoms with E-state index in [2.05, 4.69) is 15.7 Å². The van der Waals surface area contributed by atoms with Gasteiger partial charge in [-0.3, -0.25) is 9.59 Å². The Balaban J connectivity index is 1.74. The molecule has 0 spiro atoms. The largest absolute Gasteiger partial charge is 0.354 e. The second kappa shape index (κ2) is 8.49. The van der Waals surface area contributed by atoms with E-state index in [1.807, 2.05) is 31.2 Å². The summed E-state index contributed by atoms with van der Waals surface area (Å²) >= 11 is 0. The molecule has 1 atom stereocenters. The number of aryl methyl sites for hydroxylation is 1. The predicted molar refractivity (Wildman–Crippen MR) is 112 cm³/mol. The average molecular weight is 406 g/mol. The van der Waals surface area contributed by atoms with Gasteiger partial charge in [0, 0.05) is 12.1 Å². The lowest BCUT2D eigenvalue weighted by Crippen LogP contribution is -2.45. The minimum Gasteiger partial charge on any atom is -0.354 e. The van der Waals surface area contributed by atoms with Gasteiger partial charge in [-0.15, -0.1) is 0 Å². The normalized spacial score (nSPS) is 16.6. The molecule has 30 heavy (non-hydrogen) atoms. The topological polar surface area (TPSA) is 76.0 Å². The summed E-state index contributed by atoms with van der Waals surface area (Å²) in [7, 11) is 0. The van der Waals surface area contributed by atoms with Crippen molar-refractivity contribution in [2.24, 2.45) is 0 Å². The summed E-state index contributed by atoms with van der Waals surface area (Å²) in [5, 5.41) is 10.2. The van der Waals surface area contributed by atoms with Crippen LogP contribution in [-0.2, 0) is 4.79 Å². The molecule has 6 nitrogen and oxygen atoms in total. The van der Waals surface area contributed by atoms with Gasteiger partial charge in [-0.2, -0.15) is 5.10 Å². The number of nitrogens with zero attached hydrogens (tertiary/aromatic N) is 2. The van der Waals surface area contributed by atoms with Crippen molar-refractivity contribution in [3.05, 3.63) is 71.7 Å². The van der Waals surface area contributed by atoms with Crippen molar-refractivity contribution in [2.75, 3.05) is 6.54 Å². The zero-order valence-electron chi connectivity index (χ0n) is 16.7. The highest BCUT2D eigenvalue weighted by atomic mass is 19.1. The molecule has 0 radical (unpaired) electrons. The number of benzene rings is 2. The molecule has 1 aliphatic heterocycles. The Bertz CT molecular complexity index is 1090. The molecule has 7 heteroatoms. The lowest BCUT2D eigenvalue weighted by atomic mass is 10.1. The number of hydrogen-bond acceptors (Lipinski definition) is 3. The molecule has 1 fully saturated rings. The van der Waals surface area contributed by atoms with Gasteiger partial charge in [-0.05, 0) is 62.1 Å². The van der Waals surface area contributed by atoms with Gasteiger partial charge in [0.05, 0.1) is 11.4 Å². The van der Waals surface area contributed by atoms with Gasteiger partial charge in [-0.1, -0.05) is 24.3 Å². The molecule has 2 aromatic carbocycles. The molecule has 1 aliphatic rings. The molecule has 2 N–H and O–H groups in total. The molecule has 0 bridgehead atoms. The first-order valence-corrected chi connectivity index (χ1v) is 10.0.